The molecule has 0 heterocycles. The molecular formula is C29H40F3NO. The van der Waals surface area contributed by atoms with Gasteiger partial charge < -0.3 is 5.32 Å². The Hall–Kier alpha value is -3.00. The molecule has 34 heavy (non-hydrogen) atoms. The first-order valence-electron chi connectivity index (χ1n) is 10.9. The number of carbonyl (C=O) groups is 1. The van der Waals surface area contributed by atoms with Crippen molar-refractivity contribution in [2.75, 3.05) is 0 Å². The van der Waals surface area contributed by atoms with Crippen molar-refractivity contribution >= 4 is 5.91 Å². The van der Waals surface area contributed by atoms with E-state index in [1.165, 1.54) is 11.6 Å². The topological polar surface area (TPSA) is 29.1 Å². The third-order valence-corrected chi connectivity index (χ3v) is 4.24. The maximum Gasteiger partial charge on any atom is 0.416 e. The highest BCUT2D eigenvalue weighted by atomic mass is 19.4. The molecular weight excluding hydrogens is 435 g/mol. The van der Waals surface area contributed by atoms with Crippen molar-refractivity contribution in [2.45, 2.75) is 67.6 Å². The Morgan fingerprint density at radius 3 is 1.71 bits per heavy atom. The fraction of sp³-hybridized carbons (Fsp3) is 0.414. The Kier molecular flexibility index (Phi) is 14.6. The van der Waals surface area contributed by atoms with Gasteiger partial charge in [0.25, 0.3) is 0 Å². The Bertz CT molecular complexity index is 867. The number of benzene rings is 2. The van der Waals surface area contributed by atoms with Gasteiger partial charge in [-0.3, -0.25) is 4.79 Å². The number of halogens is 3. The zero-order valence-corrected chi connectivity index (χ0v) is 21.6. The largest absolute Gasteiger partial charge is 0.416 e. The van der Waals surface area contributed by atoms with Crippen LogP contribution >= 0.6 is 0 Å². The third kappa shape index (κ3) is 14.9. The standard InChI is InChI=1S/C17H27NO.C8H7F3.C2H4.C2H2/c1-16(2,3)11-13-7-9-14(10-8-13)12-18-15(19)17(4,5)6;1-6-3-2-4-7(5-6)8(9,10)11;2*1-2/h7-10H,11-12H2,1-6H3,(H,18,19);2-5H,1H3;1-2H2;1-2H. The molecule has 0 aliphatic carbocycles. The summed E-state index contributed by atoms with van der Waals surface area (Å²) in [5.41, 5.74) is 2.51. The molecule has 2 nitrogen and oxygen atoms in total. The van der Waals surface area contributed by atoms with Crippen LogP contribution in [0.5, 0.6) is 0 Å². The van der Waals surface area contributed by atoms with Crippen molar-refractivity contribution in [3.8, 4) is 12.8 Å². The first-order valence-corrected chi connectivity index (χ1v) is 10.9. The van der Waals surface area contributed by atoms with Crippen LogP contribution in [0.15, 0.2) is 61.7 Å². The fourth-order valence-electron chi connectivity index (χ4n) is 2.66. The van der Waals surface area contributed by atoms with Crippen LogP contribution in [0.4, 0.5) is 13.2 Å². The van der Waals surface area contributed by atoms with Crippen LogP contribution in [0.25, 0.3) is 0 Å². The van der Waals surface area contributed by atoms with Gasteiger partial charge in [-0.2, -0.15) is 13.2 Å². The Labute approximate surface area is 204 Å². The number of amides is 1. The Balaban J connectivity index is 0. The summed E-state index contributed by atoms with van der Waals surface area (Å²) >= 11 is 0. The Morgan fingerprint density at radius 1 is 0.882 bits per heavy atom. The van der Waals surface area contributed by atoms with Gasteiger partial charge in [0.2, 0.25) is 5.91 Å². The predicted octanol–water partition coefficient (Wildman–Crippen LogP) is 8.00. The SMILES string of the molecule is C#C.C=C.CC(C)(C)Cc1ccc(CNC(=O)C(C)(C)C)cc1.Cc1cccc(C(F)(F)F)c1. The van der Waals surface area contributed by atoms with Crippen LogP contribution in [0.1, 0.15) is 63.8 Å². The molecule has 1 N–H and O–H groups in total. The van der Waals surface area contributed by atoms with Gasteiger partial charge in [-0.1, -0.05) is 89.6 Å². The number of hydrogen-bond donors (Lipinski definition) is 1. The van der Waals surface area contributed by atoms with E-state index in [1.54, 1.807) is 13.0 Å². The molecule has 0 bridgehead atoms. The molecule has 2 aromatic rings. The summed E-state index contributed by atoms with van der Waals surface area (Å²) < 4.78 is 35.9. The van der Waals surface area contributed by atoms with Crippen molar-refractivity contribution in [3.05, 3.63) is 83.9 Å². The van der Waals surface area contributed by atoms with Crippen LogP contribution in [-0.2, 0) is 23.9 Å². The lowest BCUT2D eigenvalue weighted by Crippen LogP contribution is -2.34. The fourth-order valence-corrected chi connectivity index (χ4v) is 2.66. The number of rotatable bonds is 3. The van der Waals surface area contributed by atoms with E-state index >= 15 is 0 Å². The molecule has 0 aliphatic heterocycles. The van der Waals surface area contributed by atoms with Crippen molar-refractivity contribution < 1.29 is 18.0 Å². The summed E-state index contributed by atoms with van der Waals surface area (Å²) in [6, 6.07) is 13.7. The van der Waals surface area contributed by atoms with Crippen molar-refractivity contribution in [1.82, 2.24) is 5.32 Å². The maximum absolute atomic E-state index is 12.0. The van der Waals surface area contributed by atoms with Crippen LogP contribution < -0.4 is 5.32 Å². The number of aryl methyl sites for hydroxylation is 1. The van der Waals surface area contributed by atoms with Gasteiger partial charge in [0.15, 0.2) is 0 Å². The molecule has 0 fully saturated rings. The predicted molar refractivity (Wildman–Crippen MR) is 138 cm³/mol. The van der Waals surface area contributed by atoms with Crippen molar-refractivity contribution in [3.63, 3.8) is 0 Å². The van der Waals surface area contributed by atoms with E-state index in [-0.39, 0.29) is 11.3 Å². The quantitative estimate of drug-likeness (QED) is 0.354. The average molecular weight is 476 g/mol. The summed E-state index contributed by atoms with van der Waals surface area (Å²) in [6.45, 7) is 20.7. The molecule has 0 aromatic heterocycles. The normalized spacial score (nSPS) is 10.8. The first kappa shape index (κ1) is 33.2. The smallest absolute Gasteiger partial charge is 0.352 e. The molecule has 0 saturated heterocycles. The second kappa shape index (κ2) is 15.0. The van der Waals surface area contributed by atoms with E-state index in [0.717, 1.165) is 24.1 Å². The molecule has 2 rings (SSSR count). The minimum Gasteiger partial charge on any atom is -0.352 e. The summed E-state index contributed by atoms with van der Waals surface area (Å²) in [5.74, 6) is 0.0891. The number of nitrogens with one attached hydrogen (secondary N) is 1. The number of alkyl halides is 3. The van der Waals surface area contributed by atoms with Gasteiger partial charge in [0.1, 0.15) is 0 Å². The van der Waals surface area contributed by atoms with Gasteiger partial charge in [0.05, 0.1) is 5.56 Å². The summed E-state index contributed by atoms with van der Waals surface area (Å²) in [5, 5.41) is 2.97. The zero-order chi connectivity index (χ0) is 27.2. The number of carbonyl (C=O) groups excluding carboxylic acids is 1. The van der Waals surface area contributed by atoms with Gasteiger partial charge in [-0.25, -0.2) is 0 Å². The van der Waals surface area contributed by atoms with Gasteiger partial charge in [-0.05, 0) is 36.0 Å². The van der Waals surface area contributed by atoms with Gasteiger partial charge in [0, 0.05) is 12.0 Å². The van der Waals surface area contributed by atoms with Gasteiger partial charge in [-0.15, -0.1) is 26.0 Å². The van der Waals surface area contributed by atoms with Crippen LogP contribution in [0, 0.1) is 30.6 Å². The van der Waals surface area contributed by atoms with Crippen molar-refractivity contribution in [1.29, 1.82) is 0 Å². The minimum absolute atomic E-state index is 0.0891. The molecule has 0 radical (unpaired) electrons. The molecule has 188 valence electrons. The van der Waals surface area contributed by atoms with Crippen LogP contribution in [-0.4, -0.2) is 5.91 Å². The second-order valence-electron chi connectivity index (χ2n) is 9.85. The second-order valence-corrected chi connectivity index (χ2v) is 9.85. The molecule has 1 amide bonds. The molecule has 0 aliphatic rings. The first-order chi connectivity index (χ1) is 15.6. The average Bonchev–Trinajstić information content (AvgIpc) is 2.74. The molecule has 0 atom stereocenters. The number of hydrogen-bond acceptors (Lipinski definition) is 1. The molecule has 2 aromatic carbocycles. The Morgan fingerprint density at radius 2 is 1.35 bits per heavy atom. The minimum atomic E-state index is -4.22. The summed E-state index contributed by atoms with van der Waals surface area (Å²) in [6.07, 6.45) is 4.85. The van der Waals surface area contributed by atoms with E-state index in [0.29, 0.717) is 17.5 Å². The lowest BCUT2D eigenvalue weighted by atomic mass is 9.88. The van der Waals surface area contributed by atoms with Crippen LogP contribution in [0.3, 0.4) is 0 Å². The highest BCUT2D eigenvalue weighted by Gasteiger charge is 2.29. The highest BCUT2D eigenvalue weighted by molar-refractivity contribution is 5.81. The molecule has 0 spiro atoms. The molecule has 0 unspecified atom stereocenters. The summed E-state index contributed by atoms with van der Waals surface area (Å²) in [4.78, 5) is 11.8. The monoisotopic (exact) mass is 475 g/mol. The molecule has 0 saturated carbocycles. The van der Waals surface area contributed by atoms with E-state index in [4.69, 9.17) is 0 Å². The third-order valence-electron chi connectivity index (χ3n) is 4.24. The van der Waals surface area contributed by atoms with Crippen LogP contribution in [0.2, 0.25) is 0 Å². The summed E-state index contributed by atoms with van der Waals surface area (Å²) in [7, 11) is 0. The van der Waals surface area contributed by atoms with E-state index in [2.05, 4.69) is 76.4 Å². The zero-order valence-electron chi connectivity index (χ0n) is 21.6. The van der Waals surface area contributed by atoms with E-state index < -0.39 is 11.7 Å². The van der Waals surface area contributed by atoms with Gasteiger partial charge >= 0.3 is 6.18 Å². The maximum atomic E-state index is 12.0. The number of terminal acetylenes is 1. The van der Waals surface area contributed by atoms with Crippen molar-refractivity contribution in [2.24, 2.45) is 10.8 Å². The lowest BCUT2D eigenvalue weighted by Gasteiger charge is -2.19. The lowest BCUT2D eigenvalue weighted by molar-refractivity contribution is -0.137. The molecule has 5 heteroatoms. The van der Waals surface area contributed by atoms with E-state index in [1.807, 2.05) is 20.8 Å². The van der Waals surface area contributed by atoms with E-state index in [9.17, 15) is 18.0 Å². The highest BCUT2D eigenvalue weighted by Crippen LogP contribution is 2.29.